The van der Waals surface area contributed by atoms with Crippen molar-refractivity contribution >= 4 is 0 Å². The van der Waals surface area contributed by atoms with Crippen molar-refractivity contribution < 1.29 is 19.3 Å². The van der Waals surface area contributed by atoms with Crippen LogP contribution in [0.5, 0.6) is 5.75 Å². The first-order valence-electron chi connectivity index (χ1n) is 8.94. The standard InChI is InChI=1S/C21H30O4/c1-16(2)5-4-6-20(22)21-12-11-19(25-21)13-14-24-15-17-7-9-18(23-3)10-8-17/h4-10,19-22H,11-15H2,1-3H3/b6-4+/t19-,20-,21-/m1/s1. The van der Waals surface area contributed by atoms with Crippen LogP contribution in [0.4, 0.5) is 0 Å². The Morgan fingerprint density at radius 3 is 2.72 bits per heavy atom. The van der Waals surface area contributed by atoms with Crippen LogP contribution >= 0.6 is 0 Å². The predicted octanol–water partition coefficient (Wildman–Crippen LogP) is 4.03. The molecule has 25 heavy (non-hydrogen) atoms. The van der Waals surface area contributed by atoms with Crippen molar-refractivity contribution in [2.24, 2.45) is 0 Å². The summed E-state index contributed by atoms with van der Waals surface area (Å²) in [6.45, 7) is 5.32. The number of ether oxygens (including phenoxy) is 3. The van der Waals surface area contributed by atoms with Crippen LogP contribution < -0.4 is 4.74 Å². The first-order valence-corrected chi connectivity index (χ1v) is 8.94. The number of hydrogen-bond donors (Lipinski definition) is 1. The Labute approximate surface area is 151 Å². The lowest BCUT2D eigenvalue weighted by Crippen LogP contribution is -2.24. The molecule has 4 nitrogen and oxygen atoms in total. The predicted molar refractivity (Wildman–Crippen MR) is 99.7 cm³/mol. The molecule has 1 heterocycles. The molecule has 1 N–H and O–H groups in total. The van der Waals surface area contributed by atoms with Gasteiger partial charge in [0.2, 0.25) is 0 Å². The van der Waals surface area contributed by atoms with E-state index < -0.39 is 6.10 Å². The van der Waals surface area contributed by atoms with E-state index in [2.05, 4.69) is 0 Å². The molecule has 0 radical (unpaired) electrons. The summed E-state index contributed by atoms with van der Waals surface area (Å²) in [6, 6.07) is 7.90. The first kappa shape index (κ1) is 19.7. The van der Waals surface area contributed by atoms with Gasteiger partial charge in [0.15, 0.2) is 0 Å². The van der Waals surface area contributed by atoms with E-state index >= 15 is 0 Å². The molecule has 0 spiro atoms. The Bertz CT molecular complexity index is 558. The van der Waals surface area contributed by atoms with E-state index in [1.165, 1.54) is 5.57 Å². The van der Waals surface area contributed by atoms with E-state index in [1.54, 1.807) is 13.2 Å². The normalized spacial score (nSPS) is 21.4. The molecule has 0 amide bonds. The molecule has 3 atom stereocenters. The Hall–Kier alpha value is -1.62. The van der Waals surface area contributed by atoms with Crippen molar-refractivity contribution in [1.82, 2.24) is 0 Å². The quantitative estimate of drug-likeness (QED) is 0.542. The number of benzene rings is 1. The fourth-order valence-corrected chi connectivity index (χ4v) is 2.81. The highest BCUT2D eigenvalue weighted by Gasteiger charge is 2.29. The van der Waals surface area contributed by atoms with Crippen LogP contribution in [0.2, 0.25) is 0 Å². The smallest absolute Gasteiger partial charge is 0.118 e. The van der Waals surface area contributed by atoms with E-state index in [4.69, 9.17) is 14.2 Å². The Morgan fingerprint density at radius 2 is 2.04 bits per heavy atom. The maximum atomic E-state index is 10.2. The number of aliphatic hydroxyl groups is 1. The lowest BCUT2D eigenvalue weighted by Gasteiger charge is -2.16. The summed E-state index contributed by atoms with van der Waals surface area (Å²) in [5, 5.41) is 10.2. The minimum atomic E-state index is -0.541. The average molecular weight is 346 g/mol. The van der Waals surface area contributed by atoms with Gasteiger partial charge >= 0.3 is 0 Å². The van der Waals surface area contributed by atoms with E-state index in [-0.39, 0.29) is 12.2 Å². The zero-order valence-electron chi connectivity index (χ0n) is 15.5. The number of methoxy groups -OCH3 is 1. The highest BCUT2D eigenvalue weighted by Crippen LogP contribution is 2.25. The van der Waals surface area contributed by atoms with Gasteiger partial charge in [-0.3, -0.25) is 0 Å². The molecular weight excluding hydrogens is 316 g/mol. The summed E-state index contributed by atoms with van der Waals surface area (Å²) < 4.78 is 16.8. The largest absolute Gasteiger partial charge is 0.497 e. The minimum Gasteiger partial charge on any atom is -0.497 e. The lowest BCUT2D eigenvalue weighted by molar-refractivity contribution is -0.0281. The highest BCUT2D eigenvalue weighted by molar-refractivity contribution is 5.26. The minimum absolute atomic E-state index is 0.103. The number of rotatable bonds is 9. The maximum Gasteiger partial charge on any atom is 0.118 e. The van der Waals surface area contributed by atoms with Crippen LogP contribution in [-0.2, 0) is 16.1 Å². The molecule has 1 saturated heterocycles. The number of allylic oxidation sites excluding steroid dienone is 3. The molecule has 1 fully saturated rings. The molecule has 0 saturated carbocycles. The Balaban J connectivity index is 1.64. The van der Waals surface area contributed by atoms with Crippen molar-refractivity contribution in [3.8, 4) is 5.75 Å². The van der Waals surface area contributed by atoms with Gasteiger partial charge < -0.3 is 19.3 Å². The van der Waals surface area contributed by atoms with Gasteiger partial charge in [-0.15, -0.1) is 0 Å². The SMILES string of the molecule is COc1ccc(COCC[C@H]2CC[C@H]([C@H](O)/C=C/C=C(C)C)O2)cc1. The van der Waals surface area contributed by atoms with E-state index in [0.717, 1.165) is 30.6 Å². The summed E-state index contributed by atoms with van der Waals surface area (Å²) in [5.41, 5.74) is 2.34. The van der Waals surface area contributed by atoms with Crippen LogP contribution in [-0.4, -0.2) is 37.1 Å². The molecule has 0 unspecified atom stereocenters. The average Bonchev–Trinajstić information content (AvgIpc) is 3.08. The van der Waals surface area contributed by atoms with Crippen LogP contribution in [0.3, 0.4) is 0 Å². The van der Waals surface area contributed by atoms with E-state index in [9.17, 15) is 5.11 Å². The fraction of sp³-hybridized carbons (Fsp3) is 0.524. The second-order valence-electron chi connectivity index (χ2n) is 6.68. The van der Waals surface area contributed by atoms with Crippen molar-refractivity contribution in [2.75, 3.05) is 13.7 Å². The van der Waals surface area contributed by atoms with Crippen LogP contribution in [0, 0.1) is 0 Å². The monoisotopic (exact) mass is 346 g/mol. The van der Waals surface area contributed by atoms with Crippen molar-refractivity contribution in [2.45, 2.75) is 58.0 Å². The molecule has 4 heteroatoms. The topological polar surface area (TPSA) is 47.9 Å². The fourth-order valence-electron chi connectivity index (χ4n) is 2.81. The summed E-state index contributed by atoms with van der Waals surface area (Å²) >= 11 is 0. The lowest BCUT2D eigenvalue weighted by atomic mass is 10.1. The molecule has 0 aliphatic carbocycles. The van der Waals surface area contributed by atoms with Crippen molar-refractivity contribution in [3.05, 3.63) is 53.6 Å². The van der Waals surface area contributed by atoms with Gasteiger partial charge in [-0.25, -0.2) is 0 Å². The zero-order chi connectivity index (χ0) is 18.1. The summed E-state index contributed by atoms with van der Waals surface area (Å²) in [5.74, 6) is 0.853. The number of aliphatic hydroxyl groups excluding tert-OH is 1. The molecule has 1 aromatic rings. The van der Waals surface area contributed by atoms with Crippen LogP contribution in [0.15, 0.2) is 48.1 Å². The molecule has 2 rings (SSSR count). The zero-order valence-corrected chi connectivity index (χ0v) is 15.5. The third kappa shape index (κ3) is 7.02. The van der Waals surface area contributed by atoms with Gasteiger partial charge in [-0.1, -0.05) is 35.9 Å². The van der Waals surface area contributed by atoms with Crippen LogP contribution in [0.25, 0.3) is 0 Å². The number of hydrogen-bond acceptors (Lipinski definition) is 4. The molecule has 1 aromatic carbocycles. The Kier molecular flexibility index (Phi) is 8.19. The second-order valence-corrected chi connectivity index (χ2v) is 6.68. The maximum absolute atomic E-state index is 10.2. The van der Waals surface area contributed by atoms with Crippen LogP contribution in [0.1, 0.15) is 38.7 Å². The molecular formula is C21H30O4. The molecule has 1 aliphatic heterocycles. The Morgan fingerprint density at radius 1 is 1.28 bits per heavy atom. The van der Waals surface area contributed by atoms with Gasteiger partial charge in [-0.05, 0) is 50.8 Å². The third-order valence-electron chi connectivity index (χ3n) is 4.27. The van der Waals surface area contributed by atoms with Crippen molar-refractivity contribution in [3.63, 3.8) is 0 Å². The van der Waals surface area contributed by atoms with E-state index in [0.29, 0.717) is 13.2 Å². The van der Waals surface area contributed by atoms with Gasteiger partial charge in [0, 0.05) is 6.61 Å². The summed E-state index contributed by atoms with van der Waals surface area (Å²) in [6.07, 6.45) is 7.95. The van der Waals surface area contributed by atoms with E-state index in [1.807, 2.05) is 50.3 Å². The molecule has 138 valence electrons. The second kappa shape index (κ2) is 10.4. The van der Waals surface area contributed by atoms with Gasteiger partial charge in [0.25, 0.3) is 0 Å². The summed E-state index contributed by atoms with van der Waals surface area (Å²) in [7, 11) is 1.66. The van der Waals surface area contributed by atoms with Gasteiger partial charge in [-0.2, -0.15) is 0 Å². The van der Waals surface area contributed by atoms with Gasteiger partial charge in [0.1, 0.15) is 5.75 Å². The highest BCUT2D eigenvalue weighted by atomic mass is 16.5. The first-order chi connectivity index (χ1) is 12.1. The molecule has 1 aliphatic rings. The summed E-state index contributed by atoms with van der Waals surface area (Å²) in [4.78, 5) is 0. The van der Waals surface area contributed by atoms with Gasteiger partial charge in [0.05, 0.1) is 32.0 Å². The molecule has 0 bridgehead atoms. The molecule has 0 aromatic heterocycles. The third-order valence-corrected chi connectivity index (χ3v) is 4.27. The van der Waals surface area contributed by atoms with Crippen molar-refractivity contribution in [1.29, 1.82) is 0 Å².